The Morgan fingerprint density at radius 1 is 1.38 bits per heavy atom. The van der Waals surface area contributed by atoms with Crippen LogP contribution in [0.3, 0.4) is 0 Å². The lowest BCUT2D eigenvalue weighted by Gasteiger charge is -2.42. The fraction of sp³-hybridized carbons (Fsp3) is 0.588. The van der Waals surface area contributed by atoms with E-state index in [2.05, 4.69) is 34.5 Å². The summed E-state index contributed by atoms with van der Waals surface area (Å²) in [7, 11) is 0. The minimum absolute atomic E-state index is 0.189. The van der Waals surface area contributed by atoms with Crippen molar-refractivity contribution in [1.29, 1.82) is 0 Å². The second-order valence-electron chi connectivity index (χ2n) is 6.40. The number of nitrogens with one attached hydrogen (secondary N) is 1. The number of hydrogen-bond donors (Lipinski definition) is 2. The summed E-state index contributed by atoms with van der Waals surface area (Å²) in [5, 5.41) is 3.37. The Morgan fingerprint density at radius 2 is 2.05 bits per heavy atom. The van der Waals surface area contributed by atoms with E-state index in [1.54, 1.807) is 0 Å². The average molecular weight is 287 g/mol. The third kappa shape index (κ3) is 2.70. The minimum atomic E-state index is -0.507. The van der Waals surface area contributed by atoms with E-state index in [1.165, 1.54) is 11.1 Å². The summed E-state index contributed by atoms with van der Waals surface area (Å²) in [4.78, 5) is 14.5. The van der Waals surface area contributed by atoms with Crippen molar-refractivity contribution in [2.45, 2.75) is 57.3 Å². The SMILES string of the molecule is CCNC1(C(N)=O)CCCC(N2Cc3ccccc3C2)C1. The van der Waals surface area contributed by atoms with Gasteiger partial charge in [-0.15, -0.1) is 0 Å². The molecule has 0 spiro atoms. The lowest BCUT2D eigenvalue weighted by molar-refractivity contribution is -0.126. The van der Waals surface area contributed by atoms with Crippen molar-refractivity contribution in [3.63, 3.8) is 0 Å². The smallest absolute Gasteiger partial charge is 0.237 e. The first-order valence-corrected chi connectivity index (χ1v) is 8.00. The van der Waals surface area contributed by atoms with Crippen LogP contribution < -0.4 is 11.1 Å². The monoisotopic (exact) mass is 287 g/mol. The molecule has 1 aliphatic heterocycles. The molecule has 0 aromatic heterocycles. The van der Waals surface area contributed by atoms with Crippen LogP contribution in [0.25, 0.3) is 0 Å². The molecular weight excluding hydrogens is 262 g/mol. The summed E-state index contributed by atoms with van der Waals surface area (Å²) in [6, 6.07) is 9.08. The minimum Gasteiger partial charge on any atom is -0.368 e. The Labute approximate surface area is 126 Å². The number of carbonyl (C=O) groups excluding carboxylic acids is 1. The number of fused-ring (bicyclic) bond motifs is 1. The molecule has 2 atom stereocenters. The van der Waals surface area contributed by atoms with E-state index >= 15 is 0 Å². The van der Waals surface area contributed by atoms with Gasteiger partial charge in [-0.3, -0.25) is 9.69 Å². The van der Waals surface area contributed by atoms with Crippen molar-refractivity contribution in [3.05, 3.63) is 35.4 Å². The molecule has 114 valence electrons. The van der Waals surface area contributed by atoms with Crippen LogP contribution in [0.5, 0.6) is 0 Å². The number of rotatable bonds is 4. The first kappa shape index (κ1) is 14.5. The zero-order valence-electron chi connectivity index (χ0n) is 12.8. The lowest BCUT2D eigenvalue weighted by Crippen LogP contribution is -2.60. The molecule has 2 aliphatic rings. The number of amides is 1. The first-order chi connectivity index (χ1) is 10.1. The fourth-order valence-electron chi connectivity index (χ4n) is 3.99. The summed E-state index contributed by atoms with van der Waals surface area (Å²) in [5.41, 5.74) is 8.06. The molecule has 1 fully saturated rings. The normalized spacial score (nSPS) is 29.3. The molecular formula is C17H25N3O. The van der Waals surface area contributed by atoms with Crippen LogP contribution in [0.1, 0.15) is 43.7 Å². The molecule has 1 amide bonds. The number of primary amides is 1. The van der Waals surface area contributed by atoms with Gasteiger partial charge in [0.2, 0.25) is 5.91 Å². The number of carbonyl (C=O) groups is 1. The highest BCUT2D eigenvalue weighted by Crippen LogP contribution is 2.35. The van der Waals surface area contributed by atoms with Gasteiger partial charge >= 0.3 is 0 Å². The summed E-state index contributed by atoms with van der Waals surface area (Å²) < 4.78 is 0. The maximum Gasteiger partial charge on any atom is 0.237 e. The highest BCUT2D eigenvalue weighted by Gasteiger charge is 2.43. The molecule has 21 heavy (non-hydrogen) atoms. The third-order valence-electron chi connectivity index (χ3n) is 5.09. The van der Waals surface area contributed by atoms with Crippen molar-refractivity contribution in [2.24, 2.45) is 5.73 Å². The fourth-order valence-corrected chi connectivity index (χ4v) is 3.99. The molecule has 0 bridgehead atoms. The van der Waals surface area contributed by atoms with Crippen molar-refractivity contribution in [3.8, 4) is 0 Å². The number of likely N-dealkylation sites (N-methyl/N-ethyl adjacent to an activating group) is 1. The highest BCUT2D eigenvalue weighted by molar-refractivity contribution is 5.84. The second kappa shape index (κ2) is 5.78. The molecule has 4 nitrogen and oxygen atoms in total. The molecule has 1 saturated carbocycles. The predicted octanol–water partition coefficient (Wildman–Crippen LogP) is 1.78. The van der Waals surface area contributed by atoms with Crippen molar-refractivity contribution in [1.82, 2.24) is 10.2 Å². The molecule has 1 aromatic rings. The van der Waals surface area contributed by atoms with E-state index < -0.39 is 5.54 Å². The largest absolute Gasteiger partial charge is 0.368 e. The van der Waals surface area contributed by atoms with Crippen LogP contribution in [0.15, 0.2) is 24.3 Å². The van der Waals surface area contributed by atoms with Crippen LogP contribution in [0.4, 0.5) is 0 Å². The summed E-state index contributed by atoms with van der Waals surface area (Å²) in [6.07, 6.45) is 3.93. The molecule has 3 N–H and O–H groups in total. The van der Waals surface area contributed by atoms with Crippen LogP contribution in [-0.4, -0.2) is 28.9 Å². The summed E-state index contributed by atoms with van der Waals surface area (Å²) in [6.45, 7) is 4.83. The second-order valence-corrected chi connectivity index (χ2v) is 6.40. The Kier molecular flexibility index (Phi) is 4.00. The molecule has 1 heterocycles. The quantitative estimate of drug-likeness (QED) is 0.887. The van der Waals surface area contributed by atoms with Crippen LogP contribution in [-0.2, 0) is 17.9 Å². The van der Waals surface area contributed by atoms with Crippen LogP contribution >= 0.6 is 0 Å². The zero-order valence-corrected chi connectivity index (χ0v) is 12.8. The van der Waals surface area contributed by atoms with Crippen molar-refractivity contribution >= 4 is 5.91 Å². The van der Waals surface area contributed by atoms with Gasteiger partial charge in [0.25, 0.3) is 0 Å². The first-order valence-electron chi connectivity index (χ1n) is 8.00. The van der Waals surface area contributed by atoms with Gasteiger partial charge in [0.1, 0.15) is 0 Å². The average Bonchev–Trinajstić information content (AvgIpc) is 2.91. The van der Waals surface area contributed by atoms with Gasteiger partial charge in [-0.05, 0) is 43.4 Å². The molecule has 0 radical (unpaired) electrons. The van der Waals surface area contributed by atoms with E-state index in [4.69, 9.17) is 5.73 Å². The van der Waals surface area contributed by atoms with E-state index in [-0.39, 0.29) is 5.91 Å². The van der Waals surface area contributed by atoms with Crippen molar-refractivity contribution in [2.75, 3.05) is 6.54 Å². The molecule has 2 unspecified atom stereocenters. The van der Waals surface area contributed by atoms with E-state index in [9.17, 15) is 4.79 Å². The summed E-state index contributed by atoms with van der Waals surface area (Å²) in [5.74, 6) is -0.189. The summed E-state index contributed by atoms with van der Waals surface area (Å²) >= 11 is 0. The van der Waals surface area contributed by atoms with Gasteiger partial charge in [0.05, 0.1) is 5.54 Å². The van der Waals surface area contributed by atoms with Crippen LogP contribution in [0, 0.1) is 0 Å². The van der Waals surface area contributed by atoms with Crippen LogP contribution in [0.2, 0.25) is 0 Å². The van der Waals surface area contributed by atoms with Gasteiger partial charge in [0.15, 0.2) is 0 Å². The maximum absolute atomic E-state index is 12.0. The van der Waals surface area contributed by atoms with E-state index in [0.717, 1.165) is 45.3 Å². The Bertz CT molecular complexity index is 502. The number of hydrogen-bond acceptors (Lipinski definition) is 3. The van der Waals surface area contributed by atoms with Gasteiger partial charge in [-0.1, -0.05) is 31.2 Å². The Hall–Kier alpha value is -1.39. The molecule has 0 saturated heterocycles. The molecule has 1 aliphatic carbocycles. The zero-order chi connectivity index (χ0) is 14.9. The standard InChI is InChI=1S/C17H25N3O/c1-2-19-17(16(18)21)9-5-8-15(10-17)20-11-13-6-3-4-7-14(13)12-20/h3-4,6-7,15,19H,2,5,8-12H2,1H3,(H2,18,21). The van der Waals surface area contributed by atoms with Gasteiger partial charge in [0, 0.05) is 19.1 Å². The predicted molar refractivity (Wildman–Crippen MR) is 83.5 cm³/mol. The van der Waals surface area contributed by atoms with Gasteiger partial charge in [-0.25, -0.2) is 0 Å². The molecule has 3 rings (SSSR count). The molecule has 4 heteroatoms. The third-order valence-corrected chi connectivity index (χ3v) is 5.09. The van der Waals surface area contributed by atoms with E-state index in [0.29, 0.717) is 6.04 Å². The molecule has 1 aromatic carbocycles. The van der Waals surface area contributed by atoms with Gasteiger partial charge in [-0.2, -0.15) is 0 Å². The van der Waals surface area contributed by atoms with E-state index in [1.807, 2.05) is 6.92 Å². The number of nitrogens with zero attached hydrogens (tertiary/aromatic N) is 1. The topological polar surface area (TPSA) is 58.4 Å². The Balaban J connectivity index is 1.74. The number of nitrogens with two attached hydrogens (primary N) is 1. The number of benzene rings is 1. The highest BCUT2D eigenvalue weighted by atomic mass is 16.1. The maximum atomic E-state index is 12.0. The Morgan fingerprint density at radius 3 is 2.62 bits per heavy atom. The lowest BCUT2D eigenvalue weighted by atomic mass is 9.77. The van der Waals surface area contributed by atoms with Gasteiger partial charge < -0.3 is 11.1 Å². The van der Waals surface area contributed by atoms with Crippen molar-refractivity contribution < 1.29 is 4.79 Å².